The summed E-state index contributed by atoms with van der Waals surface area (Å²) in [6, 6.07) is 3.15. The Kier molecular flexibility index (Phi) is 4.39. The van der Waals surface area contributed by atoms with Crippen molar-refractivity contribution in [2.24, 2.45) is 5.41 Å². The highest BCUT2D eigenvalue weighted by Gasteiger charge is 2.38. The van der Waals surface area contributed by atoms with Crippen LogP contribution >= 0.6 is 15.9 Å². The second-order valence-electron chi connectivity index (χ2n) is 5.45. The topological polar surface area (TPSA) is 18.5 Å². The molecule has 0 aromatic heterocycles. The Morgan fingerprint density at radius 2 is 1.68 bits per heavy atom. The predicted molar refractivity (Wildman–Crippen MR) is 77.7 cm³/mol. The Hall–Kier alpha value is -0.770. The third-order valence-electron chi connectivity index (χ3n) is 4.13. The Morgan fingerprint density at radius 3 is 2.21 bits per heavy atom. The van der Waals surface area contributed by atoms with Crippen LogP contribution in [0.25, 0.3) is 0 Å². The molecule has 2 rings (SSSR count). The first-order chi connectivity index (χ1) is 9.01. The molecule has 1 saturated carbocycles. The first-order valence-electron chi connectivity index (χ1n) is 6.57. The first-order valence-corrected chi connectivity index (χ1v) is 7.49. The van der Waals surface area contributed by atoms with Gasteiger partial charge in [0.25, 0.3) is 0 Å². The maximum absolute atomic E-state index is 14.3. The van der Waals surface area contributed by atoms with Crippen LogP contribution in [0.3, 0.4) is 0 Å². The molecule has 0 N–H and O–H groups in total. The molecule has 2 nitrogen and oxygen atoms in total. The molecule has 0 saturated heterocycles. The number of alkyl halides is 1. The lowest BCUT2D eigenvalue weighted by atomic mass is 9.82. The summed E-state index contributed by atoms with van der Waals surface area (Å²) >= 11 is 3.69. The number of benzene rings is 1. The number of ether oxygens (including phenoxy) is 2. The highest BCUT2D eigenvalue weighted by Crippen LogP contribution is 2.52. The Labute approximate surface area is 122 Å². The van der Waals surface area contributed by atoms with Gasteiger partial charge in [0.1, 0.15) is 5.82 Å². The highest BCUT2D eigenvalue weighted by molar-refractivity contribution is 9.09. The van der Waals surface area contributed by atoms with Crippen LogP contribution in [0.1, 0.15) is 43.0 Å². The molecule has 0 heterocycles. The van der Waals surface area contributed by atoms with Crippen LogP contribution in [-0.2, 0) is 0 Å². The quantitative estimate of drug-likeness (QED) is 0.734. The van der Waals surface area contributed by atoms with Crippen LogP contribution in [-0.4, -0.2) is 14.2 Å². The van der Waals surface area contributed by atoms with E-state index in [0.717, 1.165) is 12.8 Å². The second kappa shape index (κ2) is 5.70. The first kappa shape index (κ1) is 14.6. The van der Waals surface area contributed by atoms with E-state index in [4.69, 9.17) is 9.47 Å². The van der Waals surface area contributed by atoms with Crippen LogP contribution in [0.2, 0.25) is 0 Å². The normalized spacial score (nSPS) is 19.2. The maximum atomic E-state index is 14.3. The number of methoxy groups -OCH3 is 2. The van der Waals surface area contributed by atoms with E-state index in [1.54, 1.807) is 13.2 Å². The minimum Gasteiger partial charge on any atom is -0.493 e. The lowest BCUT2D eigenvalue weighted by Gasteiger charge is -2.30. The van der Waals surface area contributed by atoms with E-state index in [1.165, 1.54) is 26.0 Å². The molecule has 106 valence electrons. The van der Waals surface area contributed by atoms with Gasteiger partial charge in [0.05, 0.1) is 14.2 Å². The number of hydrogen-bond donors (Lipinski definition) is 0. The summed E-state index contributed by atoms with van der Waals surface area (Å²) in [5, 5.41) is 0. The molecule has 1 aliphatic rings. The van der Waals surface area contributed by atoms with Crippen LogP contribution in [0.5, 0.6) is 11.5 Å². The van der Waals surface area contributed by atoms with Crippen molar-refractivity contribution in [2.75, 3.05) is 14.2 Å². The van der Waals surface area contributed by atoms with Gasteiger partial charge in [-0.3, -0.25) is 0 Å². The van der Waals surface area contributed by atoms with E-state index in [-0.39, 0.29) is 16.1 Å². The third kappa shape index (κ3) is 2.73. The molecule has 4 heteroatoms. The van der Waals surface area contributed by atoms with Gasteiger partial charge < -0.3 is 9.47 Å². The van der Waals surface area contributed by atoms with Crippen molar-refractivity contribution < 1.29 is 13.9 Å². The van der Waals surface area contributed by atoms with Crippen molar-refractivity contribution in [3.05, 3.63) is 23.5 Å². The van der Waals surface area contributed by atoms with E-state index < -0.39 is 0 Å². The van der Waals surface area contributed by atoms with Crippen LogP contribution in [0.15, 0.2) is 12.1 Å². The SMILES string of the molecule is COc1cc(F)c(C(Br)C2(C)CCCC2)cc1OC. The van der Waals surface area contributed by atoms with Gasteiger partial charge in [-0.05, 0) is 24.3 Å². The number of halogens is 2. The highest BCUT2D eigenvalue weighted by atomic mass is 79.9. The molecule has 0 spiro atoms. The minimum absolute atomic E-state index is 0.00214. The molecule has 1 fully saturated rings. The number of hydrogen-bond acceptors (Lipinski definition) is 2. The van der Waals surface area contributed by atoms with Crippen molar-refractivity contribution >= 4 is 15.9 Å². The zero-order valence-electron chi connectivity index (χ0n) is 11.6. The molecule has 1 atom stereocenters. The van der Waals surface area contributed by atoms with Crippen molar-refractivity contribution in [2.45, 2.75) is 37.4 Å². The molecule has 1 aliphatic carbocycles. The molecule has 0 radical (unpaired) electrons. The molecule has 1 aromatic rings. The molecule has 1 unspecified atom stereocenters. The monoisotopic (exact) mass is 330 g/mol. The van der Waals surface area contributed by atoms with Gasteiger partial charge in [0, 0.05) is 16.5 Å². The van der Waals surface area contributed by atoms with E-state index in [9.17, 15) is 4.39 Å². The van der Waals surface area contributed by atoms with Crippen molar-refractivity contribution in [3.63, 3.8) is 0 Å². The van der Waals surface area contributed by atoms with E-state index in [2.05, 4.69) is 22.9 Å². The summed E-state index contributed by atoms with van der Waals surface area (Å²) in [4.78, 5) is 0.00214. The van der Waals surface area contributed by atoms with Crippen LogP contribution in [0.4, 0.5) is 4.39 Å². The van der Waals surface area contributed by atoms with E-state index >= 15 is 0 Å². The van der Waals surface area contributed by atoms with Gasteiger partial charge >= 0.3 is 0 Å². The molecule has 1 aromatic carbocycles. The zero-order chi connectivity index (χ0) is 14.0. The maximum Gasteiger partial charge on any atom is 0.163 e. The summed E-state index contributed by atoms with van der Waals surface area (Å²) in [5.41, 5.74) is 0.766. The largest absolute Gasteiger partial charge is 0.493 e. The predicted octanol–water partition coefficient (Wildman–Crippen LogP) is 4.86. The Balaban J connectivity index is 2.38. The van der Waals surface area contributed by atoms with Gasteiger partial charge in [0.15, 0.2) is 11.5 Å². The third-order valence-corrected chi connectivity index (χ3v) is 5.73. The zero-order valence-corrected chi connectivity index (χ0v) is 13.2. The molecular formula is C15H20BrFO2. The summed E-state index contributed by atoms with van der Waals surface area (Å²) in [7, 11) is 3.08. The van der Waals surface area contributed by atoms with Gasteiger partial charge in [-0.15, -0.1) is 0 Å². The van der Waals surface area contributed by atoms with E-state index in [1.807, 2.05) is 0 Å². The number of rotatable bonds is 4. The summed E-state index contributed by atoms with van der Waals surface area (Å²) in [5.74, 6) is 0.762. The van der Waals surface area contributed by atoms with Gasteiger partial charge in [-0.2, -0.15) is 0 Å². The average molecular weight is 331 g/mol. The van der Waals surface area contributed by atoms with Crippen molar-refractivity contribution in [3.8, 4) is 11.5 Å². The van der Waals surface area contributed by atoms with Crippen molar-refractivity contribution in [1.29, 1.82) is 0 Å². The smallest absolute Gasteiger partial charge is 0.163 e. The van der Waals surface area contributed by atoms with Crippen LogP contribution < -0.4 is 9.47 Å². The molecule has 0 amide bonds. The lowest BCUT2D eigenvalue weighted by Crippen LogP contribution is -2.18. The standard InChI is InChI=1S/C15H20BrFO2/c1-15(6-4-5-7-15)14(16)10-8-12(18-2)13(19-3)9-11(10)17/h8-9,14H,4-7H2,1-3H3. The van der Waals surface area contributed by atoms with Gasteiger partial charge in [-0.1, -0.05) is 35.7 Å². The molecule has 0 aliphatic heterocycles. The fourth-order valence-electron chi connectivity index (χ4n) is 2.88. The van der Waals surface area contributed by atoms with Gasteiger partial charge in [-0.25, -0.2) is 4.39 Å². The average Bonchev–Trinajstić information content (AvgIpc) is 2.85. The van der Waals surface area contributed by atoms with Gasteiger partial charge in [0.2, 0.25) is 0 Å². The Morgan fingerprint density at radius 1 is 1.16 bits per heavy atom. The fourth-order valence-corrected chi connectivity index (χ4v) is 3.68. The molecular weight excluding hydrogens is 311 g/mol. The van der Waals surface area contributed by atoms with E-state index in [0.29, 0.717) is 17.1 Å². The molecule has 19 heavy (non-hydrogen) atoms. The van der Waals surface area contributed by atoms with Crippen molar-refractivity contribution in [1.82, 2.24) is 0 Å². The fraction of sp³-hybridized carbons (Fsp3) is 0.600. The second-order valence-corrected chi connectivity index (χ2v) is 6.37. The lowest BCUT2D eigenvalue weighted by molar-refractivity contribution is 0.321. The summed E-state index contributed by atoms with van der Waals surface area (Å²) < 4.78 is 24.6. The summed E-state index contributed by atoms with van der Waals surface area (Å²) in [6.45, 7) is 2.22. The Bertz CT molecular complexity index is 456. The summed E-state index contributed by atoms with van der Waals surface area (Å²) in [6.07, 6.45) is 4.68. The minimum atomic E-state index is -0.243. The van der Waals surface area contributed by atoms with Crippen LogP contribution in [0, 0.1) is 11.2 Å². The molecule has 0 bridgehead atoms.